The summed E-state index contributed by atoms with van der Waals surface area (Å²) in [6, 6.07) is 0. The average molecular weight is 223 g/mol. The zero-order chi connectivity index (χ0) is 11.6. The van der Waals surface area contributed by atoms with Gasteiger partial charge in [0.25, 0.3) is 0 Å². The van der Waals surface area contributed by atoms with Crippen molar-refractivity contribution in [2.24, 2.45) is 5.73 Å². The second kappa shape index (κ2) is 4.53. The summed E-state index contributed by atoms with van der Waals surface area (Å²) < 4.78 is 5.45. The molecule has 90 valence electrons. The van der Waals surface area contributed by atoms with Crippen LogP contribution >= 0.6 is 0 Å². The van der Waals surface area contributed by atoms with Gasteiger partial charge in [0.1, 0.15) is 0 Å². The van der Waals surface area contributed by atoms with E-state index in [2.05, 4.69) is 17.1 Å². The van der Waals surface area contributed by atoms with Crippen LogP contribution in [0.2, 0.25) is 0 Å². The van der Waals surface area contributed by atoms with Crippen molar-refractivity contribution in [3.05, 3.63) is 11.7 Å². The molecule has 0 spiro atoms. The van der Waals surface area contributed by atoms with Gasteiger partial charge in [0.05, 0.1) is 0 Å². The highest BCUT2D eigenvalue weighted by molar-refractivity contribution is 5.09. The maximum absolute atomic E-state index is 5.61. The molecule has 4 heteroatoms. The van der Waals surface area contributed by atoms with Crippen molar-refractivity contribution < 1.29 is 4.52 Å². The smallest absolute Gasteiger partial charge is 0.232 e. The van der Waals surface area contributed by atoms with Crippen LogP contribution in [0.3, 0.4) is 0 Å². The first-order chi connectivity index (χ1) is 7.72. The predicted molar refractivity (Wildman–Crippen MR) is 62.2 cm³/mol. The summed E-state index contributed by atoms with van der Waals surface area (Å²) in [5.74, 6) is 1.79. The van der Waals surface area contributed by atoms with Crippen molar-refractivity contribution in [1.82, 2.24) is 10.1 Å². The Bertz CT molecular complexity index is 342. The summed E-state index contributed by atoms with van der Waals surface area (Å²) in [4.78, 5) is 4.55. The summed E-state index contributed by atoms with van der Waals surface area (Å²) in [5, 5.41) is 4.06. The van der Waals surface area contributed by atoms with Gasteiger partial charge < -0.3 is 10.3 Å². The molecule has 2 N–H and O–H groups in total. The highest BCUT2D eigenvalue weighted by Gasteiger charge is 2.39. The van der Waals surface area contributed by atoms with Crippen LogP contribution in [0.1, 0.15) is 63.6 Å². The van der Waals surface area contributed by atoms with Crippen molar-refractivity contribution in [3.8, 4) is 0 Å². The van der Waals surface area contributed by atoms with Crippen molar-refractivity contribution >= 4 is 0 Å². The highest BCUT2D eigenvalue weighted by atomic mass is 16.5. The van der Waals surface area contributed by atoms with E-state index in [1.54, 1.807) is 0 Å². The van der Waals surface area contributed by atoms with E-state index in [9.17, 15) is 0 Å². The summed E-state index contributed by atoms with van der Waals surface area (Å²) in [7, 11) is 0. The van der Waals surface area contributed by atoms with Gasteiger partial charge in [-0.1, -0.05) is 31.8 Å². The molecule has 2 rings (SSSR count). The van der Waals surface area contributed by atoms with Gasteiger partial charge in [-0.3, -0.25) is 0 Å². The Morgan fingerprint density at radius 2 is 2.12 bits per heavy atom. The lowest BCUT2D eigenvalue weighted by Gasteiger charge is -2.21. The van der Waals surface area contributed by atoms with Crippen LogP contribution in [0, 0.1) is 0 Å². The van der Waals surface area contributed by atoms with Gasteiger partial charge in [-0.05, 0) is 19.3 Å². The Morgan fingerprint density at radius 1 is 1.44 bits per heavy atom. The Hall–Kier alpha value is -0.900. The molecular weight excluding hydrogens is 202 g/mol. The monoisotopic (exact) mass is 223 g/mol. The molecule has 1 aromatic heterocycles. The van der Waals surface area contributed by atoms with E-state index in [1.807, 2.05) is 6.92 Å². The van der Waals surface area contributed by atoms with Gasteiger partial charge in [0.15, 0.2) is 5.82 Å². The number of aromatic nitrogens is 2. The lowest BCUT2D eigenvalue weighted by atomic mass is 9.83. The quantitative estimate of drug-likeness (QED) is 0.851. The Morgan fingerprint density at radius 3 is 2.69 bits per heavy atom. The molecule has 0 aliphatic heterocycles. The van der Waals surface area contributed by atoms with Gasteiger partial charge in [0.2, 0.25) is 5.89 Å². The number of hydrogen-bond acceptors (Lipinski definition) is 4. The standard InChI is InChI=1S/C12H21N3O/c1-3-12(6-4-5-7-12)11-14-10(15-16-11)9(2)8-13/h9H,3-8,13H2,1-2H3. The third-order valence-corrected chi connectivity index (χ3v) is 3.93. The zero-order valence-corrected chi connectivity index (χ0v) is 10.2. The third kappa shape index (κ3) is 1.86. The minimum absolute atomic E-state index is 0.152. The molecule has 16 heavy (non-hydrogen) atoms. The summed E-state index contributed by atoms with van der Waals surface area (Å²) in [6.07, 6.45) is 6.01. The lowest BCUT2D eigenvalue weighted by Crippen LogP contribution is -2.21. The Balaban J connectivity index is 2.23. The van der Waals surface area contributed by atoms with Crippen LogP contribution in [-0.4, -0.2) is 16.7 Å². The van der Waals surface area contributed by atoms with Crippen LogP contribution < -0.4 is 5.73 Å². The van der Waals surface area contributed by atoms with Crippen molar-refractivity contribution in [2.45, 2.75) is 57.3 Å². The van der Waals surface area contributed by atoms with Crippen LogP contribution in [0.25, 0.3) is 0 Å². The van der Waals surface area contributed by atoms with E-state index in [0.717, 1.165) is 18.1 Å². The molecule has 0 radical (unpaired) electrons. The fourth-order valence-electron chi connectivity index (χ4n) is 2.53. The van der Waals surface area contributed by atoms with Crippen LogP contribution in [0.5, 0.6) is 0 Å². The Kier molecular flexibility index (Phi) is 3.28. The van der Waals surface area contributed by atoms with Gasteiger partial charge in [-0.15, -0.1) is 0 Å². The molecule has 0 aromatic carbocycles. The van der Waals surface area contributed by atoms with E-state index >= 15 is 0 Å². The van der Waals surface area contributed by atoms with E-state index in [4.69, 9.17) is 10.3 Å². The molecule has 1 aliphatic rings. The number of rotatable bonds is 4. The van der Waals surface area contributed by atoms with E-state index in [-0.39, 0.29) is 11.3 Å². The van der Waals surface area contributed by atoms with Crippen molar-refractivity contribution in [3.63, 3.8) is 0 Å². The molecule has 1 heterocycles. The first kappa shape index (κ1) is 11.6. The summed E-state index contributed by atoms with van der Waals surface area (Å²) in [5.41, 5.74) is 5.76. The minimum Gasteiger partial charge on any atom is -0.339 e. The largest absolute Gasteiger partial charge is 0.339 e. The van der Waals surface area contributed by atoms with Crippen LogP contribution in [-0.2, 0) is 5.41 Å². The summed E-state index contributed by atoms with van der Waals surface area (Å²) in [6.45, 7) is 4.81. The molecule has 1 atom stereocenters. The van der Waals surface area contributed by atoms with E-state index in [0.29, 0.717) is 6.54 Å². The maximum atomic E-state index is 5.61. The molecule has 1 saturated carbocycles. The SMILES string of the molecule is CCC1(c2nc(C(C)CN)no2)CCCC1. The molecule has 1 unspecified atom stereocenters. The number of nitrogens with two attached hydrogens (primary N) is 1. The first-order valence-electron chi connectivity index (χ1n) is 6.26. The second-order valence-electron chi connectivity index (χ2n) is 4.94. The molecule has 1 aromatic rings. The molecule has 0 bridgehead atoms. The van der Waals surface area contributed by atoms with E-state index < -0.39 is 0 Å². The normalized spacial score (nSPS) is 21.2. The highest BCUT2D eigenvalue weighted by Crippen LogP contribution is 2.42. The van der Waals surface area contributed by atoms with Gasteiger partial charge >= 0.3 is 0 Å². The molecule has 0 amide bonds. The predicted octanol–water partition coefficient (Wildman–Crippen LogP) is 2.35. The molecule has 1 aliphatic carbocycles. The second-order valence-corrected chi connectivity index (χ2v) is 4.94. The maximum Gasteiger partial charge on any atom is 0.232 e. The fourth-order valence-corrected chi connectivity index (χ4v) is 2.53. The third-order valence-electron chi connectivity index (χ3n) is 3.93. The topological polar surface area (TPSA) is 64.9 Å². The van der Waals surface area contributed by atoms with E-state index in [1.165, 1.54) is 25.7 Å². The zero-order valence-electron chi connectivity index (χ0n) is 10.2. The first-order valence-corrected chi connectivity index (χ1v) is 6.26. The van der Waals surface area contributed by atoms with Crippen LogP contribution in [0.15, 0.2) is 4.52 Å². The fraction of sp³-hybridized carbons (Fsp3) is 0.833. The molecule has 4 nitrogen and oxygen atoms in total. The van der Waals surface area contributed by atoms with Gasteiger partial charge in [-0.25, -0.2) is 0 Å². The van der Waals surface area contributed by atoms with Crippen molar-refractivity contribution in [2.75, 3.05) is 6.54 Å². The molecular formula is C12H21N3O. The lowest BCUT2D eigenvalue weighted by molar-refractivity contribution is 0.271. The number of nitrogens with zero attached hydrogens (tertiary/aromatic N) is 2. The minimum atomic E-state index is 0.152. The molecule has 0 saturated heterocycles. The molecule has 1 fully saturated rings. The Labute approximate surface area is 96.6 Å². The number of hydrogen-bond donors (Lipinski definition) is 1. The summed E-state index contributed by atoms with van der Waals surface area (Å²) >= 11 is 0. The van der Waals surface area contributed by atoms with Gasteiger partial charge in [0, 0.05) is 17.9 Å². The van der Waals surface area contributed by atoms with Gasteiger partial charge in [-0.2, -0.15) is 4.98 Å². The van der Waals surface area contributed by atoms with Crippen molar-refractivity contribution in [1.29, 1.82) is 0 Å². The average Bonchev–Trinajstić information content (AvgIpc) is 2.96. The van der Waals surface area contributed by atoms with Crippen LogP contribution in [0.4, 0.5) is 0 Å².